The first-order valence-electron chi connectivity index (χ1n) is 2.53. The third kappa shape index (κ3) is 1.40. The zero-order chi connectivity index (χ0) is 7.40. The van der Waals surface area contributed by atoms with Crippen molar-refractivity contribution in [2.75, 3.05) is 0 Å². The molecule has 0 saturated heterocycles. The first kappa shape index (κ1) is 6.44. The van der Waals surface area contributed by atoms with Gasteiger partial charge in [-0.1, -0.05) is 0 Å². The molecular weight excluding hydrogens is 132 g/mol. The van der Waals surface area contributed by atoms with Crippen LogP contribution in [-0.4, -0.2) is 15.0 Å². The van der Waals surface area contributed by atoms with Gasteiger partial charge in [-0.25, -0.2) is 15.0 Å². The average molecular weight is 136 g/mol. The van der Waals surface area contributed by atoms with E-state index < -0.39 is 0 Å². The van der Waals surface area contributed by atoms with Crippen LogP contribution in [0.25, 0.3) is 10.4 Å². The molecule has 0 aliphatic rings. The highest BCUT2D eigenvalue weighted by Gasteiger charge is 1.89. The van der Waals surface area contributed by atoms with Crippen LogP contribution in [0.4, 0.5) is 5.95 Å². The van der Waals surface area contributed by atoms with Crippen molar-refractivity contribution < 1.29 is 0 Å². The van der Waals surface area contributed by atoms with E-state index in [0.29, 0.717) is 5.82 Å². The Balaban J connectivity index is 3.06. The molecule has 0 atom stereocenters. The maximum absolute atomic E-state index is 7.97. The summed E-state index contributed by atoms with van der Waals surface area (Å²) < 4.78 is 0. The van der Waals surface area contributed by atoms with Crippen molar-refractivity contribution in [1.82, 2.24) is 15.0 Å². The van der Waals surface area contributed by atoms with E-state index >= 15 is 0 Å². The minimum atomic E-state index is 0.106. The van der Waals surface area contributed by atoms with E-state index in [-0.39, 0.29) is 5.95 Å². The van der Waals surface area contributed by atoms with Crippen LogP contribution >= 0.6 is 0 Å². The number of hydrogen-bond donors (Lipinski definition) is 0. The molecule has 1 aromatic rings. The first-order valence-corrected chi connectivity index (χ1v) is 2.53. The molecule has 0 unspecified atom stereocenters. The molecule has 0 radical (unpaired) electrons. The lowest BCUT2D eigenvalue weighted by atomic mass is 10.7. The Morgan fingerprint density at radius 2 is 2.40 bits per heavy atom. The number of azide groups is 1. The van der Waals surface area contributed by atoms with Crippen LogP contribution in [0.3, 0.4) is 0 Å². The van der Waals surface area contributed by atoms with Crippen LogP contribution in [-0.2, 0) is 0 Å². The molecule has 1 heterocycles. The molecular formula is C4H4N6. The Kier molecular flexibility index (Phi) is 1.77. The highest BCUT2D eigenvalue weighted by atomic mass is 15.2. The van der Waals surface area contributed by atoms with E-state index in [9.17, 15) is 0 Å². The lowest BCUT2D eigenvalue weighted by molar-refractivity contribution is 0.965. The van der Waals surface area contributed by atoms with Crippen molar-refractivity contribution in [3.63, 3.8) is 0 Å². The summed E-state index contributed by atoms with van der Waals surface area (Å²) in [4.78, 5) is 13.5. The van der Waals surface area contributed by atoms with E-state index in [0.717, 1.165) is 0 Å². The second kappa shape index (κ2) is 2.75. The quantitative estimate of drug-likeness (QED) is 0.329. The van der Waals surface area contributed by atoms with Gasteiger partial charge in [0.05, 0.1) is 0 Å². The van der Waals surface area contributed by atoms with Crippen LogP contribution in [0.5, 0.6) is 0 Å². The number of aryl methyl sites for hydroxylation is 1. The lowest BCUT2D eigenvalue weighted by Crippen LogP contribution is -1.87. The predicted octanol–water partition coefficient (Wildman–Crippen LogP) is 1.12. The summed E-state index contributed by atoms with van der Waals surface area (Å²) in [6.07, 6.45) is 1.30. The van der Waals surface area contributed by atoms with Crippen LogP contribution < -0.4 is 0 Å². The van der Waals surface area contributed by atoms with Crippen LogP contribution in [0.1, 0.15) is 5.82 Å². The molecule has 0 aromatic carbocycles. The van der Waals surface area contributed by atoms with Crippen molar-refractivity contribution >= 4 is 5.95 Å². The van der Waals surface area contributed by atoms with Gasteiger partial charge in [-0.2, -0.15) is 0 Å². The first-order chi connectivity index (χ1) is 4.83. The Bertz CT molecular complexity index is 275. The van der Waals surface area contributed by atoms with E-state index in [1.165, 1.54) is 6.33 Å². The molecule has 0 aliphatic heterocycles. The molecule has 0 N–H and O–H groups in total. The minimum absolute atomic E-state index is 0.106. The van der Waals surface area contributed by atoms with E-state index in [1.807, 2.05) is 0 Å². The van der Waals surface area contributed by atoms with Crippen molar-refractivity contribution in [2.45, 2.75) is 6.92 Å². The van der Waals surface area contributed by atoms with E-state index in [1.54, 1.807) is 6.92 Å². The summed E-state index contributed by atoms with van der Waals surface area (Å²) in [5.74, 6) is 0.646. The molecule has 6 heteroatoms. The summed E-state index contributed by atoms with van der Waals surface area (Å²) in [5, 5.41) is 3.19. The lowest BCUT2D eigenvalue weighted by Gasteiger charge is -1.88. The molecule has 0 fully saturated rings. The smallest absolute Gasteiger partial charge is 0.219 e. The number of aromatic nitrogens is 3. The third-order valence-corrected chi connectivity index (χ3v) is 0.814. The van der Waals surface area contributed by atoms with Gasteiger partial charge in [0.1, 0.15) is 12.2 Å². The summed E-state index contributed by atoms with van der Waals surface area (Å²) in [6, 6.07) is 0. The van der Waals surface area contributed by atoms with Gasteiger partial charge < -0.3 is 0 Å². The molecule has 0 saturated carbocycles. The predicted molar refractivity (Wildman–Crippen MR) is 33.4 cm³/mol. The van der Waals surface area contributed by atoms with E-state index in [4.69, 9.17) is 5.53 Å². The van der Waals surface area contributed by atoms with Gasteiger partial charge in [0, 0.05) is 4.91 Å². The van der Waals surface area contributed by atoms with Gasteiger partial charge in [-0.05, 0) is 17.6 Å². The number of nitrogens with zero attached hydrogens (tertiary/aromatic N) is 6. The zero-order valence-corrected chi connectivity index (χ0v) is 5.26. The second-order valence-electron chi connectivity index (χ2n) is 1.52. The Hall–Kier alpha value is -1.68. The number of rotatable bonds is 1. The topological polar surface area (TPSA) is 87.4 Å². The number of hydrogen-bond acceptors (Lipinski definition) is 4. The molecule has 1 rings (SSSR count). The van der Waals surface area contributed by atoms with Gasteiger partial charge in [-0.15, -0.1) is 0 Å². The Labute approximate surface area is 56.6 Å². The fourth-order valence-electron chi connectivity index (χ4n) is 0.455. The van der Waals surface area contributed by atoms with Crippen LogP contribution in [0.2, 0.25) is 0 Å². The molecule has 0 bridgehead atoms. The summed E-state index contributed by atoms with van der Waals surface area (Å²) in [5.41, 5.74) is 7.97. The standard InChI is InChI=1S/C4H4N6/c1-3-6-2-7-4(8-3)9-10-5/h2H,1H3. The molecule has 0 amide bonds. The Morgan fingerprint density at radius 3 is 3.00 bits per heavy atom. The van der Waals surface area contributed by atoms with E-state index in [2.05, 4.69) is 25.0 Å². The average Bonchev–Trinajstić information content (AvgIpc) is 1.88. The largest absolute Gasteiger partial charge is 0.222 e. The normalized spacial score (nSPS) is 8.50. The van der Waals surface area contributed by atoms with Crippen molar-refractivity contribution in [1.29, 1.82) is 0 Å². The Morgan fingerprint density at radius 1 is 1.60 bits per heavy atom. The van der Waals surface area contributed by atoms with Gasteiger partial charge in [-0.3, -0.25) is 0 Å². The molecule has 1 aromatic heterocycles. The minimum Gasteiger partial charge on any atom is -0.222 e. The molecule has 6 nitrogen and oxygen atoms in total. The SMILES string of the molecule is Cc1ncnc(N=[N+]=[N-])n1. The van der Waals surface area contributed by atoms with Gasteiger partial charge >= 0.3 is 0 Å². The summed E-state index contributed by atoms with van der Waals surface area (Å²) in [7, 11) is 0. The molecule has 50 valence electrons. The van der Waals surface area contributed by atoms with Crippen molar-refractivity contribution in [3.8, 4) is 0 Å². The van der Waals surface area contributed by atoms with Crippen molar-refractivity contribution in [2.24, 2.45) is 5.11 Å². The maximum atomic E-state index is 7.97. The summed E-state index contributed by atoms with van der Waals surface area (Å²) in [6.45, 7) is 1.69. The highest BCUT2D eigenvalue weighted by Crippen LogP contribution is 1.99. The molecule has 0 spiro atoms. The summed E-state index contributed by atoms with van der Waals surface area (Å²) >= 11 is 0. The third-order valence-electron chi connectivity index (χ3n) is 0.814. The molecule has 0 aliphatic carbocycles. The fraction of sp³-hybridized carbons (Fsp3) is 0.250. The van der Waals surface area contributed by atoms with Crippen LogP contribution in [0.15, 0.2) is 11.4 Å². The fourth-order valence-corrected chi connectivity index (χ4v) is 0.455. The highest BCUT2D eigenvalue weighted by molar-refractivity contribution is 5.10. The van der Waals surface area contributed by atoms with Gasteiger partial charge in [0.25, 0.3) is 0 Å². The van der Waals surface area contributed by atoms with Crippen molar-refractivity contribution in [3.05, 3.63) is 22.6 Å². The monoisotopic (exact) mass is 136 g/mol. The van der Waals surface area contributed by atoms with Gasteiger partial charge in [0.15, 0.2) is 0 Å². The second-order valence-corrected chi connectivity index (χ2v) is 1.52. The zero-order valence-electron chi connectivity index (χ0n) is 5.26. The van der Waals surface area contributed by atoms with Gasteiger partial charge in [0.2, 0.25) is 5.95 Å². The maximum Gasteiger partial charge on any atom is 0.219 e. The molecule has 10 heavy (non-hydrogen) atoms. The van der Waals surface area contributed by atoms with Crippen LogP contribution in [0, 0.1) is 6.92 Å².